The number of carboxylic acid groups (broad SMARTS) is 1. The van der Waals surface area contributed by atoms with Gasteiger partial charge in [0.15, 0.2) is 0 Å². The molecule has 0 saturated heterocycles. The summed E-state index contributed by atoms with van der Waals surface area (Å²) in [6.45, 7) is 8.89. The lowest BCUT2D eigenvalue weighted by atomic mass is 9.80. The van der Waals surface area contributed by atoms with Gasteiger partial charge in [0.2, 0.25) is 5.91 Å². The predicted molar refractivity (Wildman–Crippen MR) is 53.8 cm³/mol. The summed E-state index contributed by atoms with van der Waals surface area (Å²) < 4.78 is 0. The van der Waals surface area contributed by atoms with Crippen molar-refractivity contribution in [1.82, 2.24) is 5.32 Å². The highest BCUT2D eigenvalue weighted by atomic mass is 16.4. The molecule has 1 atom stereocenters. The maximum absolute atomic E-state index is 11.5. The van der Waals surface area contributed by atoms with Gasteiger partial charge in [0.1, 0.15) is 5.92 Å². The number of carbonyl (C=O) groups is 2. The van der Waals surface area contributed by atoms with Gasteiger partial charge in [-0.2, -0.15) is 0 Å². The molecule has 0 spiro atoms. The third-order valence-electron chi connectivity index (χ3n) is 1.80. The summed E-state index contributed by atoms with van der Waals surface area (Å²) in [6, 6.07) is 0. The summed E-state index contributed by atoms with van der Waals surface area (Å²) in [5.41, 5.74) is -0.586. The molecule has 0 fully saturated rings. The number of nitrogens with one attached hydrogen (secondary N) is 1. The molecule has 0 radical (unpaired) electrons. The molecule has 2 N–H and O–H groups in total. The van der Waals surface area contributed by atoms with Gasteiger partial charge in [0, 0.05) is 6.54 Å². The second-order valence-electron chi connectivity index (χ2n) is 4.17. The van der Waals surface area contributed by atoms with E-state index in [-0.39, 0.29) is 0 Å². The van der Waals surface area contributed by atoms with Gasteiger partial charge in [-0.05, 0) is 5.41 Å². The minimum absolute atomic E-state index is 0.290. The van der Waals surface area contributed by atoms with E-state index < -0.39 is 23.2 Å². The molecule has 1 amide bonds. The summed E-state index contributed by atoms with van der Waals surface area (Å²) in [7, 11) is 0. The van der Waals surface area contributed by atoms with Crippen LogP contribution in [0.15, 0.2) is 12.7 Å². The molecule has 14 heavy (non-hydrogen) atoms. The molecule has 1 unspecified atom stereocenters. The van der Waals surface area contributed by atoms with E-state index in [0.717, 1.165) is 0 Å². The first-order valence-electron chi connectivity index (χ1n) is 4.42. The number of hydrogen-bond donors (Lipinski definition) is 2. The zero-order chi connectivity index (χ0) is 11.4. The van der Waals surface area contributed by atoms with Gasteiger partial charge < -0.3 is 10.4 Å². The van der Waals surface area contributed by atoms with Gasteiger partial charge in [-0.15, -0.1) is 6.58 Å². The lowest BCUT2D eigenvalue weighted by Gasteiger charge is -2.25. The highest BCUT2D eigenvalue weighted by molar-refractivity contribution is 5.97. The number of carboxylic acids is 1. The van der Waals surface area contributed by atoms with Crippen molar-refractivity contribution in [3.63, 3.8) is 0 Å². The molecule has 0 bridgehead atoms. The molecule has 0 heterocycles. The Hall–Kier alpha value is -1.32. The minimum Gasteiger partial charge on any atom is -0.481 e. The maximum atomic E-state index is 11.5. The number of amides is 1. The summed E-state index contributed by atoms with van der Waals surface area (Å²) in [4.78, 5) is 22.3. The van der Waals surface area contributed by atoms with Crippen molar-refractivity contribution in [2.45, 2.75) is 20.8 Å². The van der Waals surface area contributed by atoms with Crippen LogP contribution in [0.1, 0.15) is 20.8 Å². The molecule has 4 nitrogen and oxygen atoms in total. The average molecular weight is 199 g/mol. The quantitative estimate of drug-likeness (QED) is 0.525. The van der Waals surface area contributed by atoms with Gasteiger partial charge >= 0.3 is 5.97 Å². The van der Waals surface area contributed by atoms with Crippen LogP contribution >= 0.6 is 0 Å². The van der Waals surface area contributed by atoms with Crippen molar-refractivity contribution in [2.75, 3.05) is 6.54 Å². The third kappa shape index (κ3) is 3.60. The summed E-state index contributed by atoms with van der Waals surface area (Å²) in [6.07, 6.45) is 1.51. The lowest BCUT2D eigenvalue weighted by Crippen LogP contribution is -2.42. The van der Waals surface area contributed by atoms with E-state index in [2.05, 4.69) is 11.9 Å². The highest BCUT2D eigenvalue weighted by Crippen LogP contribution is 2.26. The Morgan fingerprint density at radius 2 is 2.00 bits per heavy atom. The number of rotatable bonds is 4. The summed E-state index contributed by atoms with van der Waals surface area (Å²) in [5.74, 6) is -2.59. The first-order chi connectivity index (χ1) is 6.30. The van der Waals surface area contributed by atoms with Gasteiger partial charge in [0.25, 0.3) is 0 Å². The molecule has 0 aromatic heterocycles. The van der Waals surface area contributed by atoms with Crippen LogP contribution in [0, 0.1) is 11.3 Å². The van der Waals surface area contributed by atoms with Gasteiger partial charge in [-0.1, -0.05) is 26.8 Å². The summed E-state index contributed by atoms with van der Waals surface area (Å²) >= 11 is 0. The van der Waals surface area contributed by atoms with E-state index in [1.54, 1.807) is 20.8 Å². The van der Waals surface area contributed by atoms with E-state index in [0.29, 0.717) is 6.54 Å². The van der Waals surface area contributed by atoms with E-state index in [1.807, 2.05) is 0 Å². The standard InChI is InChI=1S/C10H17NO3/c1-5-6-11-8(12)7(9(13)14)10(2,3)4/h5,7H,1,6H2,2-4H3,(H,11,12)(H,13,14). The molecule has 0 saturated carbocycles. The van der Waals surface area contributed by atoms with E-state index >= 15 is 0 Å². The van der Waals surface area contributed by atoms with E-state index in [9.17, 15) is 9.59 Å². The molecular weight excluding hydrogens is 182 g/mol. The third-order valence-corrected chi connectivity index (χ3v) is 1.80. The Bertz CT molecular complexity index is 240. The molecule has 0 aliphatic rings. The Morgan fingerprint density at radius 1 is 1.50 bits per heavy atom. The Balaban J connectivity index is 4.59. The van der Waals surface area contributed by atoms with Crippen molar-refractivity contribution < 1.29 is 14.7 Å². The fourth-order valence-corrected chi connectivity index (χ4v) is 1.15. The topological polar surface area (TPSA) is 66.4 Å². The Kier molecular flexibility index (Phi) is 4.34. The van der Waals surface area contributed by atoms with Crippen LogP contribution in [-0.2, 0) is 9.59 Å². The minimum atomic E-state index is -1.10. The fraction of sp³-hybridized carbons (Fsp3) is 0.600. The zero-order valence-electron chi connectivity index (χ0n) is 8.83. The largest absolute Gasteiger partial charge is 0.481 e. The molecule has 80 valence electrons. The fourth-order valence-electron chi connectivity index (χ4n) is 1.15. The van der Waals surface area contributed by atoms with Crippen molar-refractivity contribution in [2.24, 2.45) is 11.3 Å². The molecule has 0 rings (SSSR count). The molecular formula is C10H17NO3. The number of hydrogen-bond acceptors (Lipinski definition) is 2. The first kappa shape index (κ1) is 12.7. The van der Waals surface area contributed by atoms with Crippen LogP contribution in [0.5, 0.6) is 0 Å². The molecule has 0 aliphatic carbocycles. The normalized spacial score (nSPS) is 13.1. The van der Waals surface area contributed by atoms with Gasteiger partial charge in [-0.25, -0.2) is 0 Å². The Labute approximate surface area is 84.0 Å². The van der Waals surface area contributed by atoms with Crippen molar-refractivity contribution in [3.05, 3.63) is 12.7 Å². The van der Waals surface area contributed by atoms with Crippen molar-refractivity contribution >= 4 is 11.9 Å². The zero-order valence-corrected chi connectivity index (χ0v) is 8.83. The SMILES string of the molecule is C=CCNC(=O)C(C(=O)O)C(C)(C)C. The molecule has 0 aliphatic heterocycles. The van der Waals surface area contributed by atoms with E-state index in [1.165, 1.54) is 6.08 Å². The second kappa shape index (κ2) is 4.79. The monoisotopic (exact) mass is 199 g/mol. The van der Waals surface area contributed by atoms with Crippen molar-refractivity contribution in [1.29, 1.82) is 0 Å². The van der Waals surface area contributed by atoms with Gasteiger partial charge in [-0.3, -0.25) is 9.59 Å². The van der Waals surface area contributed by atoms with Gasteiger partial charge in [0.05, 0.1) is 0 Å². The van der Waals surface area contributed by atoms with E-state index in [4.69, 9.17) is 5.11 Å². The van der Waals surface area contributed by atoms with Crippen LogP contribution in [0.3, 0.4) is 0 Å². The van der Waals surface area contributed by atoms with Crippen LogP contribution in [0.4, 0.5) is 0 Å². The maximum Gasteiger partial charge on any atom is 0.316 e. The first-order valence-corrected chi connectivity index (χ1v) is 4.42. The van der Waals surface area contributed by atoms with Crippen LogP contribution < -0.4 is 5.32 Å². The van der Waals surface area contributed by atoms with Crippen LogP contribution in [0.25, 0.3) is 0 Å². The second-order valence-corrected chi connectivity index (χ2v) is 4.17. The molecule has 0 aromatic rings. The smallest absolute Gasteiger partial charge is 0.316 e. The molecule has 0 aromatic carbocycles. The highest BCUT2D eigenvalue weighted by Gasteiger charge is 2.37. The Morgan fingerprint density at radius 3 is 2.29 bits per heavy atom. The number of aliphatic carboxylic acids is 1. The van der Waals surface area contributed by atoms with Crippen molar-refractivity contribution in [3.8, 4) is 0 Å². The predicted octanol–water partition coefficient (Wildman–Crippen LogP) is 1.04. The summed E-state index contributed by atoms with van der Waals surface area (Å²) in [5, 5.41) is 11.4. The average Bonchev–Trinajstić information content (AvgIpc) is 1.97. The van der Waals surface area contributed by atoms with Crippen LogP contribution in [0.2, 0.25) is 0 Å². The van der Waals surface area contributed by atoms with Crippen LogP contribution in [-0.4, -0.2) is 23.5 Å². The number of carbonyl (C=O) groups excluding carboxylic acids is 1. The lowest BCUT2D eigenvalue weighted by molar-refractivity contribution is -0.151. The molecule has 4 heteroatoms.